The largest absolute Gasteiger partial charge is 0.472 e. The molecule has 2 atom stereocenters. The molecule has 0 fully saturated rings. The topological polar surface area (TPSA) is 108 Å². The summed E-state index contributed by atoms with van der Waals surface area (Å²) in [7, 11) is 1.48. The molecule has 10 heteroatoms. The Hall–Kier alpha value is -1.25. The van der Waals surface area contributed by atoms with Gasteiger partial charge in [0.2, 0.25) is 0 Å². The first-order valence-corrected chi connectivity index (χ1v) is 22.8. The van der Waals surface area contributed by atoms with Crippen molar-refractivity contribution in [2.24, 2.45) is 5.92 Å². The minimum atomic E-state index is -4.37. The number of phosphoric acid groups is 1. The summed E-state index contributed by atoms with van der Waals surface area (Å²) in [5.74, 6) is -0.000588. The molecule has 0 rings (SSSR count). The number of likely N-dealkylation sites (N-methyl/N-ethyl adjacent to an activating group) is 1. The van der Waals surface area contributed by atoms with Gasteiger partial charge in [0.1, 0.15) is 19.8 Å². The fraction of sp³-hybridized carbons (Fsp3) is 0.905. The number of hydrogen-bond donors (Lipinski definition) is 1. The fourth-order valence-electron chi connectivity index (χ4n) is 5.84. The van der Waals surface area contributed by atoms with Gasteiger partial charge in [0.15, 0.2) is 6.10 Å². The standard InChI is InChI=1S/C42H82NO8P/c1-7-8-9-10-11-12-13-14-15-16-17-22-25-28-31-34-42(45)51-40(38-50-52(46,47)49-36-35-43(4,5)6)37-48-41(44)33-30-27-24-21-19-18-20-23-26-29-32-39(2)3/h14-15,39-40H,7-13,16-38H2,1-6H3/p+1/b15-14-/t40-/m1/s1. The van der Waals surface area contributed by atoms with E-state index in [4.69, 9.17) is 18.5 Å². The highest BCUT2D eigenvalue weighted by atomic mass is 31.2. The van der Waals surface area contributed by atoms with Gasteiger partial charge in [-0.05, 0) is 44.4 Å². The summed E-state index contributed by atoms with van der Waals surface area (Å²) in [6, 6.07) is 0. The smallest absolute Gasteiger partial charge is 0.462 e. The molecule has 0 aliphatic heterocycles. The first-order valence-electron chi connectivity index (χ1n) is 21.3. The van der Waals surface area contributed by atoms with Gasteiger partial charge in [0, 0.05) is 12.8 Å². The van der Waals surface area contributed by atoms with Crippen LogP contribution in [0.4, 0.5) is 0 Å². The summed E-state index contributed by atoms with van der Waals surface area (Å²) in [5.41, 5.74) is 0. The predicted molar refractivity (Wildman–Crippen MR) is 215 cm³/mol. The first-order chi connectivity index (χ1) is 24.8. The minimum absolute atomic E-state index is 0.0324. The summed E-state index contributed by atoms with van der Waals surface area (Å²) in [4.78, 5) is 35.3. The molecule has 1 N–H and O–H groups in total. The molecule has 0 aromatic heterocycles. The highest BCUT2D eigenvalue weighted by Gasteiger charge is 2.27. The Morgan fingerprint density at radius 3 is 1.60 bits per heavy atom. The minimum Gasteiger partial charge on any atom is -0.462 e. The van der Waals surface area contributed by atoms with Crippen molar-refractivity contribution in [3.63, 3.8) is 0 Å². The van der Waals surface area contributed by atoms with Gasteiger partial charge in [0.25, 0.3) is 0 Å². The Balaban J connectivity index is 4.38. The predicted octanol–water partition coefficient (Wildman–Crippen LogP) is 11.7. The van der Waals surface area contributed by atoms with Gasteiger partial charge in [0.05, 0.1) is 27.7 Å². The number of quaternary nitrogens is 1. The molecule has 0 aliphatic carbocycles. The van der Waals surface area contributed by atoms with Crippen molar-refractivity contribution in [1.29, 1.82) is 0 Å². The summed E-state index contributed by atoms with van der Waals surface area (Å²) < 4.78 is 34.2. The van der Waals surface area contributed by atoms with Crippen LogP contribution in [0.15, 0.2) is 12.2 Å². The summed E-state index contributed by atoms with van der Waals surface area (Å²) >= 11 is 0. The molecular formula is C42H83NO8P+. The van der Waals surface area contributed by atoms with Crippen LogP contribution >= 0.6 is 7.82 Å². The SMILES string of the molecule is CCCCCCCC/C=C\CCCCCCCC(=O)O[C@H](COC(=O)CCCCCCCCCCCCC(C)C)COP(=O)(O)OCC[N+](C)(C)C. The van der Waals surface area contributed by atoms with E-state index in [0.29, 0.717) is 23.9 Å². The summed E-state index contributed by atoms with van der Waals surface area (Å²) in [6.45, 7) is 6.73. The Labute approximate surface area is 320 Å². The maximum absolute atomic E-state index is 12.7. The van der Waals surface area contributed by atoms with Crippen LogP contribution in [0.3, 0.4) is 0 Å². The van der Waals surface area contributed by atoms with Crippen molar-refractivity contribution < 1.29 is 42.1 Å². The summed E-state index contributed by atoms with van der Waals surface area (Å²) in [5, 5.41) is 0. The van der Waals surface area contributed by atoms with E-state index >= 15 is 0 Å². The van der Waals surface area contributed by atoms with Crippen molar-refractivity contribution in [3.8, 4) is 0 Å². The molecule has 0 heterocycles. The summed E-state index contributed by atoms with van der Waals surface area (Å²) in [6.07, 6.45) is 32.6. The number of rotatable bonds is 38. The third-order valence-corrected chi connectivity index (χ3v) is 10.2. The normalized spacial score (nSPS) is 13.8. The first kappa shape index (κ1) is 50.8. The van der Waals surface area contributed by atoms with E-state index in [0.717, 1.165) is 57.3 Å². The van der Waals surface area contributed by atoms with E-state index in [1.165, 1.54) is 96.3 Å². The van der Waals surface area contributed by atoms with E-state index in [9.17, 15) is 19.0 Å². The average molecular weight is 761 g/mol. The highest BCUT2D eigenvalue weighted by molar-refractivity contribution is 7.47. The van der Waals surface area contributed by atoms with Crippen molar-refractivity contribution in [3.05, 3.63) is 12.2 Å². The van der Waals surface area contributed by atoms with Gasteiger partial charge in [-0.15, -0.1) is 0 Å². The van der Waals surface area contributed by atoms with Gasteiger partial charge in [-0.2, -0.15) is 0 Å². The zero-order chi connectivity index (χ0) is 38.8. The van der Waals surface area contributed by atoms with Crippen LogP contribution in [-0.4, -0.2) is 74.9 Å². The van der Waals surface area contributed by atoms with Gasteiger partial charge in [-0.1, -0.05) is 148 Å². The van der Waals surface area contributed by atoms with Crippen LogP contribution in [0.25, 0.3) is 0 Å². The molecule has 1 unspecified atom stereocenters. The van der Waals surface area contributed by atoms with E-state index < -0.39 is 26.5 Å². The molecule has 0 bridgehead atoms. The second kappa shape index (κ2) is 34.3. The lowest BCUT2D eigenvalue weighted by Crippen LogP contribution is -2.37. The van der Waals surface area contributed by atoms with Gasteiger partial charge >= 0.3 is 19.8 Å². The molecule has 0 saturated carbocycles. The Morgan fingerprint density at radius 2 is 1.10 bits per heavy atom. The van der Waals surface area contributed by atoms with Crippen LogP contribution in [0.2, 0.25) is 0 Å². The van der Waals surface area contributed by atoms with Crippen LogP contribution in [0.1, 0.15) is 188 Å². The third kappa shape index (κ3) is 38.5. The van der Waals surface area contributed by atoms with Crippen LogP contribution < -0.4 is 0 Å². The molecule has 0 aliphatic rings. The van der Waals surface area contributed by atoms with Gasteiger partial charge in [-0.25, -0.2) is 4.57 Å². The Kier molecular flexibility index (Phi) is 33.4. The Morgan fingerprint density at radius 1 is 0.635 bits per heavy atom. The fourth-order valence-corrected chi connectivity index (χ4v) is 6.58. The van der Waals surface area contributed by atoms with E-state index in [1.54, 1.807) is 0 Å². The third-order valence-electron chi connectivity index (χ3n) is 9.22. The monoisotopic (exact) mass is 761 g/mol. The van der Waals surface area contributed by atoms with Gasteiger partial charge < -0.3 is 18.9 Å². The number of carbonyl (C=O) groups is 2. The van der Waals surface area contributed by atoms with Crippen molar-refractivity contribution in [1.82, 2.24) is 0 Å². The van der Waals surface area contributed by atoms with Gasteiger partial charge in [-0.3, -0.25) is 18.6 Å². The average Bonchev–Trinajstić information content (AvgIpc) is 3.07. The molecule has 0 aromatic rings. The van der Waals surface area contributed by atoms with E-state index in [-0.39, 0.29) is 25.6 Å². The van der Waals surface area contributed by atoms with Crippen LogP contribution in [-0.2, 0) is 32.7 Å². The van der Waals surface area contributed by atoms with Crippen molar-refractivity contribution in [2.75, 3.05) is 47.5 Å². The lowest BCUT2D eigenvalue weighted by atomic mass is 10.0. The highest BCUT2D eigenvalue weighted by Crippen LogP contribution is 2.43. The number of phosphoric ester groups is 1. The van der Waals surface area contributed by atoms with Crippen molar-refractivity contribution >= 4 is 19.8 Å². The second-order valence-electron chi connectivity index (χ2n) is 16.2. The number of allylic oxidation sites excluding steroid dienone is 2. The molecule has 0 amide bonds. The number of esters is 2. The number of hydrogen-bond acceptors (Lipinski definition) is 7. The Bertz CT molecular complexity index is 920. The molecule has 0 spiro atoms. The molecule has 0 aromatic carbocycles. The molecule has 308 valence electrons. The number of nitrogens with zero attached hydrogens (tertiary/aromatic N) is 1. The molecule has 0 saturated heterocycles. The van der Waals surface area contributed by atoms with Crippen LogP contribution in [0, 0.1) is 5.92 Å². The van der Waals surface area contributed by atoms with Crippen LogP contribution in [0.5, 0.6) is 0 Å². The lowest BCUT2D eigenvalue weighted by Gasteiger charge is -2.24. The maximum Gasteiger partial charge on any atom is 0.472 e. The zero-order valence-corrected chi connectivity index (χ0v) is 35.6. The molecule has 0 radical (unpaired) electrons. The molecule has 9 nitrogen and oxygen atoms in total. The molecule has 52 heavy (non-hydrogen) atoms. The quantitative estimate of drug-likeness (QED) is 0.0218. The maximum atomic E-state index is 12.7. The molecular weight excluding hydrogens is 677 g/mol. The van der Waals surface area contributed by atoms with Crippen molar-refractivity contribution in [2.45, 2.75) is 194 Å². The number of ether oxygens (including phenoxy) is 2. The van der Waals surface area contributed by atoms with E-state index in [1.807, 2.05) is 21.1 Å². The number of unbranched alkanes of at least 4 members (excludes halogenated alkanes) is 20. The zero-order valence-electron chi connectivity index (χ0n) is 34.7. The second-order valence-corrected chi connectivity index (χ2v) is 17.7. The number of carbonyl (C=O) groups excluding carboxylic acids is 2. The van der Waals surface area contributed by atoms with E-state index in [2.05, 4.69) is 32.9 Å². The lowest BCUT2D eigenvalue weighted by molar-refractivity contribution is -0.870.